The van der Waals surface area contributed by atoms with Crippen molar-refractivity contribution in [2.75, 3.05) is 5.73 Å². The fourth-order valence-corrected chi connectivity index (χ4v) is 3.35. The van der Waals surface area contributed by atoms with Crippen LogP contribution in [-0.2, 0) is 10.0 Å². The first kappa shape index (κ1) is 16.3. The third-order valence-corrected chi connectivity index (χ3v) is 5.01. The first-order valence-electron chi connectivity index (χ1n) is 6.33. The van der Waals surface area contributed by atoms with Gasteiger partial charge in [-0.2, -0.15) is 0 Å². The highest BCUT2D eigenvalue weighted by Gasteiger charge is 2.19. The number of hydrogen-bond donors (Lipinski definition) is 2. The molecule has 2 unspecified atom stereocenters. The number of hydrogen-bond acceptors (Lipinski definition) is 3. The van der Waals surface area contributed by atoms with Crippen molar-refractivity contribution in [3.63, 3.8) is 0 Å². The molecular weight excluding hydrogens is 284 g/mol. The van der Waals surface area contributed by atoms with Crippen LogP contribution >= 0.6 is 11.6 Å². The second-order valence-electron chi connectivity index (χ2n) is 4.95. The number of halogens is 1. The minimum absolute atomic E-state index is 0.115. The summed E-state index contributed by atoms with van der Waals surface area (Å²) in [7, 11) is -3.54. The third-order valence-electron chi connectivity index (χ3n) is 3.09. The van der Waals surface area contributed by atoms with Gasteiger partial charge in [0.1, 0.15) is 0 Å². The predicted octanol–water partition coefficient (Wildman–Crippen LogP) is 3.03. The maximum atomic E-state index is 12.2. The van der Waals surface area contributed by atoms with Gasteiger partial charge in [-0.25, -0.2) is 13.1 Å². The number of nitrogen functional groups attached to an aromatic ring is 1. The molecule has 2 atom stereocenters. The quantitative estimate of drug-likeness (QED) is 0.793. The van der Waals surface area contributed by atoms with Crippen molar-refractivity contribution in [2.24, 2.45) is 5.92 Å². The molecule has 1 aromatic carbocycles. The summed E-state index contributed by atoms with van der Waals surface area (Å²) in [5.41, 5.74) is 5.94. The van der Waals surface area contributed by atoms with Crippen molar-refractivity contribution in [3.05, 3.63) is 23.2 Å². The van der Waals surface area contributed by atoms with Crippen LogP contribution in [0.15, 0.2) is 23.1 Å². The number of sulfonamides is 1. The highest BCUT2D eigenvalue weighted by molar-refractivity contribution is 7.89. The molecule has 0 aliphatic heterocycles. The SMILES string of the molecule is CCC(C)CC(C)NS(=O)(=O)c1ccc(N)c(Cl)c1. The van der Waals surface area contributed by atoms with Crippen molar-refractivity contribution in [1.82, 2.24) is 4.72 Å². The maximum Gasteiger partial charge on any atom is 0.240 e. The summed E-state index contributed by atoms with van der Waals surface area (Å²) in [6, 6.07) is 4.21. The summed E-state index contributed by atoms with van der Waals surface area (Å²) < 4.78 is 27.0. The lowest BCUT2D eigenvalue weighted by molar-refractivity contribution is 0.445. The Labute approximate surface area is 120 Å². The van der Waals surface area contributed by atoms with E-state index in [2.05, 4.69) is 18.6 Å². The fraction of sp³-hybridized carbons (Fsp3) is 0.538. The van der Waals surface area contributed by atoms with E-state index >= 15 is 0 Å². The highest BCUT2D eigenvalue weighted by atomic mass is 35.5. The van der Waals surface area contributed by atoms with Gasteiger partial charge in [0, 0.05) is 6.04 Å². The van der Waals surface area contributed by atoms with Gasteiger partial charge in [0.05, 0.1) is 15.6 Å². The molecule has 6 heteroatoms. The summed E-state index contributed by atoms with van der Waals surface area (Å²) >= 11 is 5.85. The predicted molar refractivity (Wildman–Crippen MR) is 79.7 cm³/mol. The minimum Gasteiger partial charge on any atom is -0.398 e. The molecule has 0 fully saturated rings. The Hall–Kier alpha value is -0.780. The lowest BCUT2D eigenvalue weighted by Crippen LogP contribution is -2.33. The number of nitrogens with two attached hydrogens (primary N) is 1. The molecule has 0 aliphatic carbocycles. The van der Waals surface area contributed by atoms with Crippen LogP contribution in [0.4, 0.5) is 5.69 Å². The highest BCUT2D eigenvalue weighted by Crippen LogP contribution is 2.23. The molecule has 0 amide bonds. The second kappa shape index (κ2) is 6.59. The summed E-state index contributed by atoms with van der Waals surface area (Å²) in [6.45, 7) is 6.05. The van der Waals surface area contributed by atoms with Gasteiger partial charge in [0.15, 0.2) is 0 Å². The molecule has 0 heterocycles. The summed E-state index contributed by atoms with van der Waals surface area (Å²) in [4.78, 5) is 0.141. The van der Waals surface area contributed by atoms with E-state index < -0.39 is 10.0 Å². The monoisotopic (exact) mass is 304 g/mol. The Morgan fingerprint density at radius 1 is 1.37 bits per heavy atom. The summed E-state index contributed by atoms with van der Waals surface area (Å²) in [5, 5.41) is 0.248. The zero-order valence-corrected chi connectivity index (χ0v) is 13.1. The summed E-state index contributed by atoms with van der Waals surface area (Å²) in [5.74, 6) is 0.479. The minimum atomic E-state index is -3.54. The average Bonchev–Trinajstić information content (AvgIpc) is 2.31. The lowest BCUT2D eigenvalue weighted by Gasteiger charge is -2.17. The molecule has 1 aromatic rings. The Morgan fingerprint density at radius 2 is 2.00 bits per heavy atom. The van der Waals surface area contributed by atoms with E-state index in [1.165, 1.54) is 18.2 Å². The van der Waals surface area contributed by atoms with Gasteiger partial charge >= 0.3 is 0 Å². The van der Waals surface area contributed by atoms with E-state index in [4.69, 9.17) is 17.3 Å². The van der Waals surface area contributed by atoms with Crippen molar-refractivity contribution in [1.29, 1.82) is 0 Å². The smallest absolute Gasteiger partial charge is 0.240 e. The van der Waals surface area contributed by atoms with Crippen LogP contribution in [0, 0.1) is 5.92 Å². The van der Waals surface area contributed by atoms with Crippen molar-refractivity contribution >= 4 is 27.3 Å². The fourth-order valence-electron chi connectivity index (χ4n) is 1.83. The zero-order valence-electron chi connectivity index (χ0n) is 11.5. The topological polar surface area (TPSA) is 72.2 Å². The number of nitrogens with one attached hydrogen (secondary N) is 1. The molecule has 3 N–H and O–H groups in total. The zero-order chi connectivity index (χ0) is 14.6. The molecule has 0 bridgehead atoms. The number of anilines is 1. The molecule has 0 aliphatic rings. The molecule has 108 valence electrons. The van der Waals surface area contributed by atoms with E-state index in [-0.39, 0.29) is 16.0 Å². The molecule has 4 nitrogen and oxygen atoms in total. The Kier molecular flexibility index (Phi) is 5.64. The van der Waals surface area contributed by atoms with Crippen molar-refractivity contribution < 1.29 is 8.42 Å². The van der Waals surface area contributed by atoms with E-state index in [1.54, 1.807) is 0 Å². The summed E-state index contributed by atoms with van der Waals surface area (Å²) in [6.07, 6.45) is 1.83. The average molecular weight is 305 g/mol. The molecule has 0 spiro atoms. The van der Waals surface area contributed by atoms with Crippen LogP contribution in [0.1, 0.15) is 33.6 Å². The van der Waals surface area contributed by atoms with Crippen LogP contribution < -0.4 is 10.5 Å². The van der Waals surface area contributed by atoms with Crippen LogP contribution in [0.5, 0.6) is 0 Å². The van der Waals surface area contributed by atoms with E-state index in [0.29, 0.717) is 11.6 Å². The molecule has 0 radical (unpaired) electrons. The van der Waals surface area contributed by atoms with Gasteiger partial charge in [-0.1, -0.05) is 31.9 Å². The van der Waals surface area contributed by atoms with Gasteiger partial charge in [-0.05, 0) is 37.5 Å². The first-order chi connectivity index (χ1) is 8.76. The Morgan fingerprint density at radius 3 is 2.53 bits per heavy atom. The first-order valence-corrected chi connectivity index (χ1v) is 8.19. The van der Waals surface area contributed by atoms with Crippen molar-refractivity contribution in [2.45, 2.75) is 44.6 Å². The van der Waals surface area contributed by atoms with Crippen LogP contribution in [0.2, 0.25) is 5.02 Å². The standard InChI is InChI=1S/C13H21ClN2O2S/c1-4-9(2)7-10(3)16-19(17,18)11-5-6-13(15)12(14)8-11/h5-6,8-10,16H,4,7,15H2,1-3H3. The number of benzene rings is 1. The molecule has 0 saturated carbocycles. The Bertz CT molecular complexity index is 531. The number of rotatable bonds is 6. The van der Waals surface area contributed by atoms with Crippen molar-refractivity contribution in [3.8, 4) is 0 Å². The normalized spacial score (nSPS) is 15.2. The van der Waals surface area contributed by atoms with E-state index in [0.717, 1.165) is 12.8 Å². The van der Waals surface area contributed by atoms with Gasteiger partial charge < -0.3 is 5.73 Å². The van der Waals surface area contributed by atoms with Crippen LogP contribution in [0.25, 0.3) is 0 Å². The molecular formula is C13H21ClN2O2S. The van der Waals surface area contributed by atoms with Gasteiger partial charge in [0.25, 0.3) is 0 Å². The molecule has 0 saturated heterocycles. The molecule has 1 rings (SSSR count). The van der Waals surface area contributed by atoms with Crippen LogP contribution in [-0.4, -0.2) is 14.5 Å². The van der Waals surface area contributed by atoms with E-state index in [9.17, 15) is 8.42 Å². The van der Waals surface area contributed by atoms with E-state index in [1.807, 2.05) is 6.92 Å². The maximum absolute atomic E-state index is 12.2. The molecule has 19 heavy (non-hydrogen) atoms. The third kappa shape index (κ3) is 4.67. The Balaban J connectivity index is 2.83. The lowest BCUT2D eigenvalue weighted by atomic mass is 10.0. The second-order valence-corrected chi connectivity index (χ2v) is 7.08. The van der Waals surface area contributed by atoms with Gasteiger partial charge in [-0.3, -0.25) is 0 Å². The van der Waals surface area contributed by atoms with Crippen LogP contribution in [0.3, 0.4) is 0 Å². The van der Waals surface area contributed by atoms with Gasteiger partial charge in [0.2, 0.25) is 10.0 Å². The van der Waals surface area contributed by atoms with Gasteiger partial charge in [-0.15, -0.1) is 0 Å². The molecule has 0 aromatic heterocycles. The largest absolute Gasteiger partial charge is 0.398 e.